The van der Waals surface area contributed by atoms with Crippen LogP contribution >= 0.6 is 0 Å². The molecule has 1 aliphatic rings. The summed E-state index contributed by atoms with van der Waals surface area (Å²) in [5.74, 6) is 1.16. The van der Waals surface area contributed by atoms with E-state index in [9.17, 15) is 9.59 Å². The highest BCUT2D eigenvalue weighted by Crippen LogP contribution is 2.29. The maximum atomic E-state index is 12.8. The van der Waals surface area contributed by atoms with Crippen LogP contribution in [0.1, 0.15) is 5.56 Å². The minimum atomic E-state index is -0.171. The molecule has 0 saturated heterocycles. The van der Waals surface area contributed by atoms with Gasteiger partial charge in [0.05, 0.1) is 39.2 Å². The first kappa shape index (κ1) is 19.7. The third kappa shape index (κ3) is 4.43. The molecule has 0 fully saturated rings. The molecule has 7 nitrogen and oxygen atoms in total. The van der Waals surface area contributed by atoms with Gasteiger partial charge in [-0.1, -0.05) is 18.2 Å². The number of anilines is 2. The lowest BCUT2D eigenvalue weighted by molar-refractivity contribution is -0.870. The van der Waals surface area contributed by atoms with Crippen LogP contribution in [0.4, 0.5) is 11.4 Å². The lowest BCUT2D eigenvalue weighted by atomic mass is 10.1. The van der Waals surface area contributed by atoms with E-state index in [0.29, 0.717) is 23.7 Å². The van der Waals surface area contributed by atoms with Crippen LogP contribution in [0.25, 0.3) is 0 Å². The Labute approximate surface area is 164 Å². The highest BCUT2D eigenvalue weighted by atomic mass is 16.5. The minimum absolute atomic E-state index is 0.0544. The zero-order valence-corrected chi connectivity index (χ0v) is 16.5. The Balaban J connectivity index is 1.60. The van der Waals surface area contributed by atoms with Crippen LogP contribution in [0.2, 0.25) is 0 Å². The maximum absolute atomic E-state index is 12.8. The average Bonchev–Trinajstić information content (AvgIpc) is 2.71. The van der Waals surface area contributed by atoms with Crippen molar-refractivity contribution in [1.29, 1.82) is 0 Å². The Bertz CT molecular complexity index is 868. The standard InChI is InChI=1S/C21H25N3O4/c1-23(11-10-15-8-9-18(27-2)19(12-15)28-3)14-21(26)24-13-20(25)22-16-6-4-5-7-17(16)24/h4-9,12H,10-11,13-14H2,1-3H3,(H,22,25)/p+1. The van der Waals surface area contributed by atoms with E-state index in [2.05, 4.69) is 5.32 Å². The first-order valence-electron chi connectivity index (χ1n) is 9.23. The van der Waals surface area contributed by atoms with Crippen molar-refractivity contribution in [3.05, 3.63) is 48.0 Å². The molecule has 1 unspecified atom stereocenters. The van der Waals surface area contributed by atoms with Crippen molar-refractivity contribution in [3.8, 4) is 11.5 Å². The normalized spacial score (nSPS) is 14.1. The predicted molar refractivity (Wildman–Crippen MR) is 107 cm³/mol. The number of ether oxygens (including phenoxy) is 2. The average molecular weight is 384 g/mol. The van der Waals surface area contributed by atoms with Gasteiger partial charge in [0.2, 0.25) is 5.91 Å². The number of hydrogen-bond acceptors (Lipinski definition) is 4. The topological polar surface area (TPSA) is 72.3 Å². The van der Waals surface area contributed by atoms with Crippen molar-refractivity contribution in [2.45, 2.75) is 6.42 Å². The van der Waals surface area contributed by atoms with E-state index >= 15 is 0 Å². The smallest absolute Gasteiger partial charge is 0.282 e. The predicted octanol–water partition coefficient (Wildman–Crippen LogP) is 0.746. The van der Waals surface area contributed by atoms with Crippen LogP contribution in [0.5, 0.6) is 11.5 Å². The molecule has 1 atom stereocenters. The van der Waals surface area contributed by atoms with Crippen molar-refractivity contribution in [3.63, 3.8) is 0 Å². The van der Waals surface area contributed by atoms with Gasteiger partial charge in [-0.2, -0.15) is 0 Å². The molecule has 2 N–H and O–H groups in total. The number of para-hydroxylation sites is 2. The summed E-state index contributed by atoms with van der Waals surface area (Å²) in [5, 5.41) is 2.80. The third-order valence-corrected chi connectivity index (χ3v) is 4.81. The summed E-state index contributed by atoms with van der Waals surface area (Å²) in [4.78, 5) is 27.4. The van der Waals surface area contributed by atoms with E-state index in [0.717, 1.165) is 29.1 Å². The van der Waals surface area contributed by atoms with Crippen LogP contribution < -0.4 is 24.6 Å². The fourth-order valence-corrected chi connectivity index (χ4v) is 3.29. The molecule has 0 saturated carbocycles. The number of fused-ring (bicyclic) bond motifs is 1. The van der Waals surface area contributed by atoms with Gasteiger partial charge in [0.1, 0.15) is 6.54 Å². The number of carbonyl (C=O) groups excluding carboxylic acids is 2. The summed E-state index contributed by atoms with van der Waals surface area (Å²) in [7, 11) is 5.21. The van der Waals surface area contributed by atoms with Crippen molar-refractivity contribution in [1.82, 2.24) is 0 Å². The van der Waals surface area contributed by atoms with Crippen LogP contribution in [0, 0.1) is 0 Å². The summed E-state index contributed by atoms with van der Waals surface area (Å²) in [5.41, 5.74) is 2.54. The fraction of sp³-hybridized carbons (Fsp3) is 0.333. The lowest BCUT2D eigenvalue weighted by Gasteiger charge is -2.29. The Kier molecular flexibility index (Phi) is 6.16. The van der Waals surface area contributed by atoms with Gasteiger partial charge in [-0.3, -0.25) is 14.5 Å². The second kappa shape index (κ2) is 8.75. The number of likely N-dealkylation sites (N-methyl/N-ethyl adjacent to an activating group) is 1. The molecule has 2 aromatic carbocycles. The van der Waals surface area contributed by atoms with Crippen molar-refractivity contribution in [2.24, 2.45) is 0 Å². The largest absolute Gasteiger partial charge is 0.493 e. The van der Waals surface area contributed by atoms with E-state index < -0.39 is 0 Å². The van der Waals surface area contributed by atoms with Gasteiger partial charge in [-0.05, 0) is 29.8 Å². The fourth-order valence-electron chi connectivity index (χ4n) is 3.29. The molecule has 2 aromatic rings. The van der Waals surface area contributed by atoms with Crippen LogP contribution in [0.15, 0.2) is 42.5 Å². The maximum Gasteiger partial charge on any atom is 0.282 e. The van der Waals surface area contributed by atoms with E-state index in [1.54, 1.807) is 25.2 Å². The summed E-state index contributed by atoms with van der Waals surface area (Å²) in [6.45, 7) is 1.15. The summed E-state index contributed by atoms with van der Waals surface area (Å²) in [6, 6.07) is 13.2. The van der Waals surface area contributed by atoms with E-state index in [1.807, 2.05) is 43.4 Å². The lowest BCUT2D eigenvalue weighted by Crippen LogP contribution is -3.10. The molecule has 0 spiro atoms. The molecular formula is C21H26N3O4+. The van der Waals surface area contributed by atoms with Crippen LogP contribution in [-0.2, 0) is 16.0 Å². The third-order valence-electron chi connectivity index (χ3n) is 4.81. The van der Waals surface area contributed by atoms with Crippen LogP contribution in [-0.4, -0.2) is 52.7 Å². The number of hydrogen-bond donors (Lipinski definition) is 2. The Morgan fingerprint density at radius 3 is 2.64 bits per heavy atom. The number of amides is 2. The molecule has 0 aromatic heterocycles. The van der Waals surface area contributed by atoms with Gasteiger partial charge in [0.25, 0.3) is 5.91 Å². The van der Waals surface area contributed by atoms with Gasteiger partial charge in [0.15, 0.2) is 18.0 Å². The van der Waals surface area contributed by atoms with Crippen molar-refractivity contribution in [2.75, 3.05) is 51.1 Å². The molecule has 1 heterocycles. The Morgan fingerprint density at radius 2 is 1.89 bits per heavy atom. The van der Waals surface area contributed by atoms with E-state index in [4.69, 9.17) is 9.47 Å². The number of methoxy groups -OCH3 is 2. The molecule has 28 heavy (non-hydrogen) atoms. The molecule has 3 rings (SSSR count). The molecule has 0 radical (unpaired) electrons. The second-order valence-corrected chi connectivity index (χ2v) is 6.87. The number of nitrogens with zero attached hydrogens (tertiary/aromatic N) is 1. The van der Waals surface area contributed by atoms with E-state index in [-0.39, 0.29) is 18.4 Å². The SMILES string of the molecule is COc1ccc(CC[NH+](C)CC(=O)N2CC(=O)Nc3ccccc32)cc1OC. The van der Waals surface area contributed by atoms with Gasteiger partial charge in [-0.25, -0.2) is 0 Å². The molecule has 0 aliphatic carbocycles. The zero-order valence-electron chi connectivity index (χ0n) is 16.5. The van der Waals surface area contributed by atoms with Crippen molar-refractivity contribution < 1.29 is 24.0 Å². The first-order chi connectivity index (χ1) is 13.5. The zero-order chi connectivity index (χ0) is 20.1. The number of carbonyl (C=O) groups is 2. The summed E-state index contributed by atoms with van der Waals surface area (Å²) >= 11 is 0. The minimum Gasteiger partial charge on any atom is -0.493 e. The number of benzene rings is 2. The molecular weight excluding hydrogens is 358 g/mol. The van der Waals surface area contributed by atoms with E-state index in [1.165, 1.54) is 0 Å². The summed E-state index contributed by atoms with van der Waals surface area (Å²) < 4.78 is 10.6. The highest BCUT2D eigenvalue weighted by Gasteiger charge is 2.28. The molecule has 148 valence electrons. The number of quaternary nitrogens is 1. The van der Waals surface area contributed by atoms with Crippen molar-refractivity contribution >= 4 is 23.2 Å². The van der Waals surface area contributed by atoms with Gasteiger partial charge in [-0.15, -0.1) is 0 Å². The Morgan fingerprint density at radius 1 is 1.14 bits per heavy atom. The quantitative estimate of drug-likeness (QED) is 0.739. The molecule has 1 aliphatic heterocycles. The Hall–Kier alpha value is -3.06. The van der Waals surface area contributed by atoms with Gasteiger partial charge < -0.3 is 19.7 Å². The monoisotopic (exact) mass is 384 g/mol. The number of rotatable bonds is 7. The molecule has 0 bridgehead atoms. The summed E-state index contributed by atoms with van der Waals surface area (Å²) in [6.07, 6.45) is 0.802. The number of nitrogens with one attached hydrogen (secondary N) is 2. The highest BCUT2D eigenvalue weighted by molar-refractivity contribution is 6.10. The second-order valence-electron chi connectivity index (χ2n) is 6.87. The first-order valence-corrected chi connectivity index (χ1v) is 9.23. The van der Waals surface area contributed by atoms with Gasteiger partial charge >= 0.3 is 0 Å². The van der Waals surface area contributed by atoms with Gasteiger partial charge in [0, 0.05) is 6.42 Å². The molecule has 2 amide bonds. The van der Waals surface area contributed by atoms with Crippen LogP contribution in [0.3, 0.4) is 0 Å². The molecule has 7 heteroatoms.